The molecule has 0 saturated carbocycles. The molecule has 0 spiro atoms. The summed E-state index contributed by atoms with van der Waals surface area (Å²) in [5.74, 6) is 0.261. The monoisotopic (exact) mass is 368 g/mol. The van der Waals surface area contributed by atoms with Crippen molar-refractivity contribution in [2.45, 2.75) is 32.1 Å². The lowest BCUT2D eigenvalue weighted by atomic mass is 10.1. The Kier molecular flexibility index (Phi) is 5.96. The molecule has 134 valence electrons. The fraction of sp³-hybridized carbons (Fsp3) is 0.278. The number of rotatable bonds is 7. The maximum Gasteiger partial charge on any atom is 0.230 e. The lowest BCUT2D eigenvalue weighted by Crippen LogP contribution is -2.24. The highest BCUT2D eigenvalue weighted by Crippen LogP contribution is 2.13. The summed E-state index contributed by atoms with van der Waals surface area (Å²) in [5, 5.41) is 7.64. The third-order valence-corrected chi connectivity index (χ3v) is 4.47. The highest BCUT2D eigenvalue weighted by molar-refractivity contribution is 7.99. The minimum Gasteiger partial charge on any atom is -0.351 e. The van der Waals surface area contributed by atoms with Gasteiger partial charge in [-0.2, -0.15) is 5.10 Å². The molecule has 1 amide bonds. The summed E-state index contributed by atoms with van der Waals surface area (Å²) in [4.78, 5) is 24.6. The molecule has 3 rings (SSSR count). The minimum absolute atomic E-state index is 0.0375. The third-order valence-electron chi connectivity index (χ3n) is 3.62. The Morgan fingerprint density at radius 3 is 2.46 bits per heavy atom. The van der Waals surface area contributed by atoms with Crippen molar-refractivity contribution in [2.24, 2.45) is 0 Å². The summed E-state index contributed by atoms with van der Waals surface area (Å²) < 4.78 is 1.77. The molecule has 0 fully saturated rings. The van der Waals surface area contributed by atoms with Crippen LogP contribution in [-0.2, 0) is 17.9 Å². The van der Waals surface area contributed by atoms with Crippen molar-refractivity contribution in [2.75, 3.05) is 5.75 Å². The Bertz CT molecular complexity index is 844. The van der Waals surface area contributed by atoms with Crippen molar-refractivity contribution in [3.05, 3.63) is 65.5 Å². The summed E-state index contributed by atoms with van der Waals surface area (Å²) in [6.07, 6.45) is 3.20. The van der Waals surface area contributed by atoms with Gasteiger partial charge in [0.05, 0.1) is 12.3 Å². The van der Waals surface area contributed by atoms with Crippen molar-refractivity contribution in [1.29, 1.82) is 0 Å². The molecule has 0 aliphatic rings. The molecular formula is C18H20N6OS. The van der Waals surface area contributed by atoms with Crippen LogP contribution in [0.5, 0.6) is 0 Å². The van der Waals surface area contributed by atoms with E-state index in [0.29, 0.717) is 24.0 Å². The number of aromatic nitrogens is 5. The van der Waals surface area contributed by atoms with Gasteiger partial charge in [-0.05, 0) is 31.0 Å². The van der Waals surface area contributed by atoms with Gasteiger partial charge < -0.3 is 5.32 Å². The summed E-state index contributed by atoms with van der Waals surface area (Å²) in [7, 11) is 0. The van der Waals surface area contributed by atoms with Gasteiger partial charge in [0.2, 0.25) is 5.91 Å². The first-order chi connectivity index (χ1) is 12.6. The van der Waals surface area contributed by atoms with E-state index in [9.17, 15) is 4.79 Å². The zero-order valence-corrected chi connectivity index (χ0v) is 15.5. The number of carbonyl (C=O) groups is 1. The lowest BCUT2D eigenvalue weighted by molar-refractivity contribution is -0.118. The number of aryl methyl sites for hydroxylation is 2. The predicted octanol–water partition coefficient (Wildman–Crippen LogP) is 2.14. The van der Waals surface area contributed by atoms with E-state index in [1.165, 1.54) is 18.1 Å². The molecular weight excluding hydrogens is 348 g/mol. The maximum absolute atomic E-state index is 12.0. The number of nitrogens with one attached hydrogen (secondary N) is 1. The zero-order chi connectivity index (χ0) is 18.4. The SMILES string of the molecule is Cc1cc(C)nc(SCC(=O)NCc2ccc(Cn3cncn3)cc2)n1. The molecule has 0 radical (unpaired) electrons. The molecule has 8 heteroatoms. The van der Waals surface area contributed by atoms with Crippen LogP contribution >= 0.6 is 11.8 Å². The molecule has 1 N–H and O–H groups in total. The van der Waals surface area contributed by atoms with Crippen LogP contribution in [0.1, 0.15) is 22.5 Å². The summed E-state index contributed by atoms with van der Waals surface area (Å²) >= 11 is 1.35. The quantitative estimate of drug-likeness (QED) is 0.508. The van der Waals surface area contributed by atoms with Crippen LogP contribution in [0.3, 0.4) is 0 Å². The molecule has 0 saturated heterocycles. The van der Waals surface area contributed by atoms with Crippen molar-refractivity contribution >= 4 is 17.7 Å². The molecule has 0 aliphatic carbocycles. The summed E-state index contributed by atoms with van der Waals surface area (Å²) in [6.45, 7) is 5.02. The molecule has 0 aliphatic heterocycles. The van der Waals surface area contributed by atoms with Crippen LogP contribution in [0.15, 0.2) is 48.1 Å². The number of nitrogens with zero attached hydrogens (tertiary/aromatic N) is 5. The first kappa shape index (κ1) is 18.1. The minimum atomic E-state index is -0.0375. The normalized spacial score (nSPS) is 10.7. The van der Waals surface area contributed by atoms with Crippen molar-refractivity contribution < 1.29 is 4.79 Å². The number of hydrogen-bond donors (Lipinski definition) is 1. The van der Waals surface area contributed by atoms with Gasteiger partial charge in [-0.1, -0.05) is 36.0 Å². The topological polar surface area (TPSA) is 85.6 Å². The van der Waals surface area contributed by atoms with E-state index < -0.39 is 0 Å². The van der Waals surface area contributed by atoms with Crippen molar-refractivity contribution in [1.82, 2.24) is 30.0 Å². The van der Waals surface area contributed by atoms with E-state index in [1.54, 1.807) is 11.0 Å². The second-order valence-corrected chi connectivity index (χ2v) is 6.85. The second-order valence-electron chi connectivity index (χ2n) is 5.91. The molecule has 2 heterocycles. The largest absolute Gasteiger partial charge is 0.351 e. The van der Waals surface area contributed by atoms with Gasteiger partial charge in [0.1, 0.15) is 12.7 Å². The molecule has 1 aromatic carbocycles. The number of thioether (sulfide) groups is 1. The van der Waals surface area contributed by atoms with Crippen LogP contribution in [0, 0.1) is 13.8 Å². The molecule has 26 heavy (non-hydrogen) atoms. The summed E-state index contributed by atoms with van der Waals surface area (Å²) in [5.41, 5.74) is 4.00. The van der Waals surface area contributed by atoms with E-state index in [-0.39, 0.29) is 5.91 Å². The molecule has 3 aromatic rings. The molecule has 0 unspecified atom stereocenters. The van der Waals surface area contributed by atoms with E-state index >= 15 is 0 Å². The molecule has 0 bridgehead atoms. The van der Waals surface area contributed by atoms with Crippen LogP contribution in [0.4, 0.5) is 0 Å². The van der Waals surface area contributed by atoms with Crippen molar-refractivity contribution in [3.8, 4) is 0 Å². The van der Waals surface area contributed by atoms with E-state index in [4.69, 9.17) is 0 Å². The van der Waals surface area contributed by atoms with Crippen molar-refractivity contribution in [3.63, 3.8) is 0 Å². The van der Waals surface area contributed by atoms with Crippen LogP contribution < -0.4 is 5.32 Å². The maximum atomic E-state index is 12.0. The Morgan fingerprint density at radius 1 is 1.12 bits per heavy atom. The van der Waals surface area contributed by atoms with Gasteiger partial charge in [0.25, 0.3) is 0 Å². The Hall–Kier alpha value is -2.74. The van der Waals surface area contributed by atoms with Crippen LogP contribution in [-0.4, -0.2) is 36.4 Å². The van der Waals surface area contributed by atoms with Gasteiger partial charge in [-0.15, -0.1) is 0 Å². The smallest absolute Gasteiger partial charge is 0.230 e. The van der Waals surface area contributed by atoms with Crippen LogP contribution in [0.25, 0.3) is 0 Å². The van der Waals surface area contributed by atoms with Gasteiger partial charge in [0, 0.05) is 17.9 Å². The standard InChI is InChI=1S/C18H20N6OS/c1-13-7-14(2)23-18(22-13)26-10-17(25)20-8-15-3-5-16(6-4-15)9-24-12-19-11-21-24/h3-7,11-12H,8-10H2,1-2H3,(H,20,25). The first-order valence-corrected chi connectivity index (χ1v) is 9.19. The second kappa shape index (κ2) is 8.57. The first-order valence-electron chi connectivity index (χ1n) is 8.20. The Balaban J connectivity index is 1.45. The molecule has 0 atom stereocenters. The lowest BCUT2D eigenvalue weighted by Gasteiger charge is -2.07. The van der Waals surface area contributed by atoms with Gasteiger partial charge in [-0.25, -0.2) is 19.6 Å². The van der Waals surface area contributed by atoms with E-state index in [0.717, 1.165) is 22.5 Å². The molecule has 2 aromatic heterocycles. The van der Waals surface area contributed by atoms with Crippen LogP contribution in [0.2, 0.25) is 0 Å². The number of benzene rings is 1. The average Bonchev–Trinajstić information content (AvgIpc) is 3.11. The van der Waals surface area contributed by atoms with E-state index in [1.807, 2.05) is 44.2 Å². The third kappa shape index (κ3) is 5.38. The highest BCUT2D eigenvalue weighted by Gasteiger charge is 2.06. The highest BCUT2D eigenvalue weighted by atomic mass is 32.2. The van der Waals surface area contributed by atoms with Gasteiger partial charge in [0.15, 0.2) is 5.16 Å². The zero-order valence-electron chi connectivity index (χ0n) is 14.7. The Morgan fingerprint density at radius 2 is 1.81 bits per heavy atom. The Labute approximate surface area is 156 Å². The predicted molar refractivity (Wildman–Crippen MR) is 99.6 cm³/mol. The summed E-state index contributed by atoms with van der Waals surface area (Å²) in [6, 6.07) is 9.98. The van der Waals surface area contributed by atoms with E-state index in [2.05, 4.69) is 25.4 Å². The number of carbonyl (C=O) groups excluding carboxylic acids is 1. The fourth-order valence-electron chi connectivity index (χ4n) is 2.40. The molecule has 7 nitrogen and oxygen atoms in total. The fourth-order valence-corrected chi connectivity index (χ4v) is 3.18. The number of hydrogen-bond acceptors (Lipinski definition) is 6. The number of amides is 1. The average molecular weight is 368 g/mol. The van der Waals surface area contributed by atoms with Gasteiger partial charge >= 0.3 is 0 Å². The van der Waals surface area contributed by atoms with Gasteiger partial charge in [-0.3, -0.25) is 4.79 Å².